The molecule has 18 heavy (non-hydrogen) atoms. The normalized spacial score (nSPS) is 10.2. The summed E-state index contributed by atoms with van der Waals surface area (Å²) in [5, 5.41) is 12.8. The molecule has 0 unspecified atom stereocenters. The fraction of sp³-hybridized carbons (Fsp3) is 0.364. The summed E-state index contributed by atoms with van der Waals surface area (Å²) >= 11 is 0. The third-order valence-electron chi connectivity index (χ3n) is 2.36. The molecule has 0 aromatic carbocycles. The number of imide groups is 1. The summed E-state index contributed by atoms with van der Waals surface area (Å²) < 4.78 is 0. The Labute approximate surface area is 103 Å². The third kappa shape index (κ3) is 2.88. The first-order valence-corrected chi connectivity index (χ1v) is 5.29. The van der Waals surface area contributed by atoms with Crippen LogP contribution in [0.25, 0.3) is 0 Å². The van der Waals surface area contributed by atoms with E-state index in [-0.39, 0.29) is 22.9 Å². The van der Waals surface area contributed by atoms with Crippen LogP contribution >= 0.6 is 0 Å². The predicted octanol–water partition coefficient (Wildman–Crippen LogP) is 1.21. The second-order valence-corrected chi connectivity index (χ2v) is 4.04. The second-order valence-electron chi connectivity index (χ2n) is 4.04. The van der Waals surface area contributed by atoms with Gasteiger partial charge in [-0.3, -0.25) is 14.9 Å². The number of nitro groups is 1. The Hall–Kier alpha value is -2.31. The first-order valence-electron chi connectivity index (χ1n) is 5.29. The van der Waals surface area contributed by atoms with Crippen molar-refractivity contribution >= 4 is 17.6 Å². The highest BCUT2D eigenvalue weighted by Gasteiger charge is 2.21. The van der Waals surface area contributed by atoms with Crippen LogP contribution in [0.2, 0.25) is 0 Å². The van der Waals surface area contributed by atoms with E-state index in [9.17, 15) is 19.7 Å². The van der Waals surface area contributed by atoms with Gasteiger partial charge in [-0.1, -0.05) is 13.8 Å². The molecule has 2 amide bonds. The molecule has 0 saturated carbocycles. The van der Waals surface area contributed by atoms with Crippen LogP contribution in [-0.4, -0.2) is 21.7 Å². The van der Waals surface area contributed by atoms with E-state index in [4.69, 9.17) is 0 Å². The number of rotatable bonds is 3. The highest BCUT2D eigenvalue weighted by molar-refractivity contribution is 6.06. The SMILES string of the molecule is Cc1c(C(=O)NC(=O)C(C)C)ccnc1[N+](=O)[O-]. The van der Waals surface area contributed by atoms with Crippen molar-refractivity contribution in [3.05, 3.63) is 33.5 Å². The lowest BCUT2D eigenvalue weighted by molar-refractivity contribution is -0.390. The number of nitrogens with zero attached hydrogens (tertiary/aromatic N) is 2. The van der Waals surface area contributed by atoms with E-state index in [1.165, 1.54) is 19.2 Å². The second kappa shape index (κ2) is 5.35. The largest absolute Gasteiger partial charge is 0.367 e. The van der Waals surface area contributed by atoms with E-state index in [1.807, 2.05) is 0 Å². The molecule has 0 atom stereocenters. The maximum Gasteiger partial charge on any atom is 0.367 e. The van der Waals surface area contributed by atoms with Gasteiger partial charge in [-0.15, -0.1) is 0 Å². The van der Waals surface area contributed by atoms with Crippen molar-refractivity contribution in [1.82, 2.24) is 10.3 Å². The standard InChI is InChI=1S/C11H13N3O4/c1-6(2)10(15)13-11(16)8-4-5-12-9(7(8)3)14(17)18/h4-6H,1-3H3,(H,13,15,16). The molecule has 1 N–H and O–H groups in total. The fourth-order valence-corrected chi connectivity index (χ4v) is 1.28. The minimum Gasteiger partial charge on any atom is -0.358 e. The number of aromatic nitrogens is 1. The van der Waals surface area contributed by atoms with Crippen LogP contribution in [0.5, 0.6) is 0 Å². The lowest BCUT2D eigenvalue weighted by atomic mass is 10.1. The maximum atomic E-state index is 11.8. The van der Waals surface area contributed by atoms with Crippen molar-refractivity contribution in [3.8, 4) is 0 Å². The van der Waals surface area contributed by atoms with Crippen LogP contribution in [-0.2, 0) is 4.79 Å². The van der Waals surface area contributed by atoms with Gasteiger partial charge in [-0.2, -0.15) is 0 Å². The quantitative estimate of drug-likeness (QED) is 0.642. The predicted molar refractivity (Wildman–Crippen MR) is 62.9 cm³/mol. The Morgan fingerprint density at radius 1 is 1.44 bits per heavy atom. The van der Waals surface area contributed by atoms with Crippen LogP contribution in [0.15, 0.2) is 12.3 Å². The Kier molecular flexibility index (Phi) is 4.09. The number of pyridine rings is 1. The molecule has 0 spiro atoms. The van der Waals surface area contributed by atoms with E-state index in [0.29, 0.717) is 0 Å². The summed E-state index contributed by atoms with van der Waals surface area (Å²) in [7, 11) is 0. The molecule has 7 nitrogen and oxygen atoms in total. The monoisotopic (exact) mass is 251 g/mol. The van der Waals surface area contributed by atoms with Gasteiger partial charge in [0.15, 0.2) is 0 Å². The summed E-state index contributed by atoms with van der Waals surface area (Å²) in [6.45, 7) is 4.70. The van der Waals surface area contributed by atoms with Crippen LogP contribution in [0.1, 0.15) is 29.8 Å². The number of carbonyl (C=O) groups is 2. The zero-order valence-corrected chi connectivity index (χ0v) is 10.3. The van der Waals surface area contributed by atoms with Crippen molar-refractivity contribution in [3.63, 3.8) is 0 Å². The summed E-state index contributed by atoms with van der Waals surface area (Å²) in [6, 6.07) is 1.34. The Morgan fingerprint density at radius 3 is 2.56 bits per heavy atom. The van der Waals surface area contributed by atoms with Crippen LogP contribution in [0.3, 0.4) is 0 Å². The average molecular weight is 251 g/mol. The van der Waals surface area contributed by atoms with Gasteiger partial charge in [0.2, 0.25) is 5.91 Å². The molecule has 0 radical (unpaired) electrons. The molecule has 96 valence electrons. The van der Waals surface area contributed by atoms with Crippen molar-refractivity contribution in [2.75, 3.05) is 0 Å². The van der Waals surface area contributed by atoms with Crippen LogP contribution < -0.4 is 5.32 Å². The molecule has 7 heteroatoms. The van der Waals surface area contributed by atoms with Crippen molar-refractivity contribution in [2.24, 2.45) is 5.92 Å². The topological polar surface area (TPSA) is 102 Å². The zero-order valence-electron chi connectivity index (χ0n) is 10.3. The van der Waals surface area contributed by atoms with Gasteiger partial charge in [-0.25, -0.2) is 0 Å². The minimum absolute atomic E-state index is 0.0747. The van der Waals surface area contributed by atoms with E-state index in [2.05, 4.69) is 10.3 Å². The summed E-state index contributed by atoms with van der Waals surface area (Å²) in [6.07, 6.45) is 1.17. The molecule has 0 fully saturated rings. The highest BCUT2D eigenvalue weighted by atomic mass is 16.6. The minimum atomic E-state index is -0.670. The van der Waals surface area contributed by atoms with Gasteiger partial charge in [0.1, 0.15) is 6.20 Å². The zero-order chi connectivity index (χ0) is 13.9. The molecule has 0 bridgehead atoms. The number of carbonyl (C=O) groups excluding carboxylic acids is 2. The number of nitrogens with one attached hydrogen (secondary N) is 1. The fourth-order valence-electron chi connectivity index (χ4n) is 1.28. The Balaban J connectivity index is 3.04. The molecule has 1 heterocycles. The smallest absolute Gasteiger partial charge is 0.358 e. The molecular formula is C11H13N3O4. The molecule has 0 aliphatic carbocycles. The number of hydrogen-bond acceptors (Lipinski definition) is 5. The molecule has 1 aromatic heterocycles. The number of hydrogen-bond donors (Lipinski definition) is 1. The molecular weight excluding hydrogens is 238 g/mol. The van der Waals surface area contributed by atoms with Crippen LogP contribution in [0, 0.1) is 23.0 Å². The van der Waals surface area contributed by atoms with Crippen LogP contribution in [0.4, 0.5) is 5.82 Å². The van der Waals surface area contributed by atoms with Gasteiger partial charge in [0.05, 0.1) is 11.1 Å². The van der Waals surface area contributed by atoms with Crippen molar-refractivity contribution in [2.45, 2.75) is 20.8 Å². The first-order chi connectivity index (χ1) is 8.34. The maximum absolute atomic E-state index is 11.8. The average Bonchev–Trinajstić information content (AvgIpc) is 2.28. The summed E-state index contributed by atoms with van der Waals surface area (Å²) in [5.41, 5.74) is 0.210. The summed E-state index contributed by atoms with van der Waals surface area (Å²) in [5.74, 6) is -1.82. The van der Waals surface area contributed by atoms with E-state index < -0.39 is 16.7 Å². The van der Waals surface area contributed by atoms with E-state index in [0.717, 1.165) is 0 Å². The van der Waals surface area contributed by atoms with Gasteiger partial charge >= 0.3 is 5.82 Å². The lowest BCUT2D eigenvalue weighted by Gasteiger charge is -2.07. The molecule has 0 saturated heterocycles. The molecule has 1 aromatic rings. The Morgan fingerprint density at radius 2 is 2.06 bits per heavy atom. The van der Waals surface area contributed by atoms with Gasteiger partial charge < -0.3 is 10.1 Å². The number of amides is 2. The van der Waals surface area contributed by atoms with Crippen molar-refractivity contribution in [1.29, 1.82) is 0 Å². The molecule has 1 rings (SSSR count). The van der Waals surface area contributed by atoms with Gasteiger partial charge in [-0.05, 0) is 22.9 Å². The lowest BCUT2D eigenvalue weighted by Crippen LogP contribution is -2.34. The highest BCUT2D eigenvalue weighted by Crippen LogP contribution is 2.17. The van der Waals surface area contributed by atoms with E-state index in [1.54, 1.807) is 13.8 Å². The third-order valence-corrected chi connectivity index (χ3v) is 2.36. The molecule has 0 aliphatic heterocycles. The molecule has 0 aliphatic rings. The van der Waals surface area contributed by atoms with E-state index >= 15 is 0 Å². The Bertz CT molecular complexity index is 511. The van der Waals surface area contributed by atoms with Gasteiger partial charge in [0.25, 0.3) is 5.91 Å². The first kappa shape index (κ1) is 13.8. The van der Waals surface area contributed by atoms with Crippen molar-refractivity contribution < 1.29 is 14.5 Å². The van der Waals surface area contributed by atoms with Gasteiger partial charge in [0, 0.05) is 5.92 Å². The summed E-state index contributed by atoms with van der Waals surface area (Å²) in [4.78, 5) is 36.7.